The highest BCUT2D eigenvalue weighted by Crippen LogP contribution is 2.28. The van der Waals surface area contributed by atoms with E-state index in [9.17, 15) is 13.2 Å². The minimum absolute atomic E-state index is 0.0666. The lowest BCUT2D eigenvalue weighted by atomic mass is 9.89. The van der Waals surface area contributed by atoms with Gasteiger partial charge in [-0.25, -0.2) is 0 Å². The molecule has 0 unspecified atom stereocenters. The molecule has 0 aliphatic carbocycles. The van der Waals surface area contributed by atoms with Gasteiger partial charge in [0.2, 0.25) is 0 Å². The summed E-state index contributed by atoms with van der Waals surface area (Å²) in [6, 6.07) is 22.4. The molecule has 0 radical (unpaired) electrons. The Labute approximate surface area is 182 Å². The summed E-state index contributed by atoms with van der Waals surface area (Å²) in [5.74, 6) is -0.784. The Morgan fingerprint density at radius 2 is 1.58 bits per heavy atom. The number of aliphatic carboxylic acids is 1. The molecule has 3 aromatic rings. The van der Waals surface area contributed by atoms with Crippen molar-refractivity contribution in [3.8, 4) is 0 Å². The first-order valence-corrected chi connectivity index (χ1v) is 11.3. The van der Waals surface area contributed by atoms with Crippen LogP contribution in [-0.4, -0.2) is 24.0 Å². The van der Waals surface area contributed by atoms with Gasteiger partial charge < -0.3 is 10.4 Å². The molecule has 1 heterocycles. The van der Waals surface area contributed by atoms with E-state index in [1.165, 1.54) is 23.3 Å². The van der Waals surface area contributed by atoms with Crippen LogP contribution in [0, 0.1) is 6.92 Å². The fourth-order valence-electron chi connectivity index (χ4n) is 3.58. The van der Waals surface area contributed by atoms with Gasteiger partial charge in [0.15, 0.2) is 0 Å². The third-order valence-corrected chi connectivity index (χ3v) is 6.04. The fourth-order valence-corrected chi connectivity index (χ4v) is 4.06. The van der Waals surface area contributed by atoms with Gasteiger partial charge in [-0.1, -0.05) is 66.2 Å². The topological polar surface area (TPSA) is 104 Å². The molecule has 0 fully saturated rings. The summed E-state index contributed by atoms with van der Waals surface area (Å²) in [5.41, 5.74) is 5.64. The molecule has 31 heavy (non-hydrogen) atoms. The van der Waals surface area contributed by atoms with Crippen LogP contribution in [0.3, 0.4) is 0 Å². The lowest BCUT2D eigenvalue weighted by molar-refractivity contribution is -0.136. The first-order chi connectivity index (χ1) is 14.7. The average molecular weight is 440 g/mol. The molecule has 7 heteroatoms. The zero-order chi connectivity index (χ0) is 22.4. The maximum atomic E-state index is 11.0. The van der Waals surface area contributed by atoms with E-state index in [1.54, 1.807) is 12.1 Å². The first-order valence-electron chi connectivity index (χ1n) is 9.88. The van der Waals surface area contributed by atoms with Crippen molar-refractivity contribution in [2.24, 2.45) is 0 Å². The number of carboxylic acids is 1. The highest BCUT2D eigenvalue weighted by atomic mass is 32.2. The minimum Gasteiger partial charge on any atom is -0.481 e. The molecule has 1 atom stereocenters. The average Bonchev–Trinajstić information content (AvgIpc) is 2.73. The van der Waals surface area contributed by atoms with Crippen molar-refractivity contribution in [3.63, 3.8) is 0 Å². The molecule has 0 amide bonds. The number of hydrogen-bond acceptors (Lipinski definition) is 4. The molecule has 4 rings (SSSR count). The van der Waals surface area contributed by atoms with Crippen LogP contribution in [0.5, 0.6) is 0 Å². The molecule has 3 aromatic carbocycles. The zero-order valence-corrected chi connectivity index (χ0v) is 18.0. The van der Waals surface area contributed by atoms with E-state index >= 15 is 0 Å². The van der Waals surface area contributed by atoms with Crippen LogP contribution in [0.1, 0.15) is 33.9 Å². The van der Waals surface area contributed by atoms with Crippen molar-refractivity contribution in [1.29, 1.82) is 0 Å². The minimum atomic E-state index is -4.02. The van der Waals surface area contributed by atoms with Crippen molar-refractivity contribution in [2.75, 3.05) is 0 Å². The molecular weight excluding hydrogens is 414 g/mol. The van der Waals surface area contributed by atoms with Crippen LogP contribution in [0.25, 0.3) is 0 Å². The Hall–Kier alpha value is -3.00. The molecule has 1 aliphatic heterocycles. The quantitative estimate of drug-likeness (QED) is 0.532. The van der Waals surface area contributed by atoms with Crippen LogP contribution in [0.2, 0.25) is 0 Å². The van der Waals surface area contributed by atoms with Gasteiger partial charge in [0, 0.05) is 12.6 Å². The summed E-state index contributed by atoms with van der Waals surface area (Å²) in [4.78, 5) is 10.9. The van der Waals surface area contributed by atoms with Gasteiger partial charge in [0.25, 0.3) is 10.1 Å². The summed E-state index contributed by atoms with van der Waals surface area (Å²) in [6.45, 7) is 2.68. The lowest BCUT2D eigenvalue weighted by Crippen LogP contribution is -2.29. The second-order valence-electron chi connectivity index (χ2n) is 7.46. The van der Waals surface area contributed by atoms with Crippen molar-refractivity contribution in [2.45, 2.75) is 37.2 Å². The van der Waals surface area contributed by atoms with Crippen molar-refractivity contribution in [1.82, 2.24) is 5.32 Å². The summed E-state index contributed by atoms with van der Waals surface area (Å²) >= 11 is 0. The highest BCUT2D eigenvalue weighted by molar-refractivity contribution is 7.85. The standard InChI is InChI=1S/C17H17NO2.C7H8O3S/c19-17(20)10-13-6-3-4-8-15(13)16-9-12-5-1-2-7-14(12)11-18-16;1-6-2-4-7(5-3-6)11(8,9)10/h1-8,16,18H,9-11H2,(H,19,20);2-5H,1H3,(H,8,9,10)/t16-;/m0./s1. The number of hydrogen-bond donors (Lipinski definition) is 3. The number of carbonyl (C=O) groups is 1. The van der Waals surface area contributed by atoms with Gasteiger partial charge in [-0.05, 0) is 47.7 Å². The predicted octanol–water partition coefficient (Wildman–Crippen LogP) is 3.94. The molecular formula is C24H25NO5S. The Kier molecular flexibility index (Phi) is 7.22. The second kappa shape index (κ2) is 9.87. The smallest absolute Gasteiger partial charge is 0.307 e. The van der Waals surface area contributed by atoms with Gasteiger partial charge in [0.05, 0.1) is 11.3 Å². The summed E-state index contributed by atoms with van der Waals surface area (Å²) in [7, 11) is -4.02. The summed E-state index contributed by atoms with van der Waals surface area (Å²) in [5, 5.41) is 12.5. The summed E-state index contributed by atoms with van der Waals surface area (Å²) in [6.07, 6.45) is 0.989. The van der Waals surface area contributed by atoms with E-state index in [1.807, 2.05) is 31.2 Å². The fraction of sp³-hybridized carbons (Fsp3) is 0.208. The van der Waals surface area contributed by atoms with Crippen LogP contribution in [-0.2, 0) is 34.3 Å². The van der Waals surface area contributed by atoms with E-state index in [0.29, 0.717) is 0 Å². The van der Waals surface area contributed by atoms with Crippen molar-refractivity contribution in [3.05, 3.63) is 101 Å². The predicted molar refractivity (Wildman–Crippen MR) is 119 cm³/mol. The number of carboxylic acid groups (broad SMARTS) is 1. The van der Waals surface area contributed by atoms with Crippen LogP contribution < -0.4 is 5.32 Å². The highest BCUT2D eigenvalue weighted by Gasteiger charge is 2.21. The van der Waals surface area contributed by atoms with Crippen molar-refractivity contribution >= 4 is 16.1 Å². The lowest BCUT2D eigenvalue weighted by Gasteiger charge is -2.28. The molecule has 1 aliphatic rings. The van der Waals surface area contributed by atoms with Gasteiger partial charge in [-0.3, -0.25) is 9.35 Å². The molecule has 0 bridgehead atoms. The van der Waals surface area contributed by atoms with E-state index < -0.39 is 16.1 Å². The number of nitrogens with one attached hydrogen (secondary N) is 1. The van der Waals surface area contributed by atoms with Crippen LogP contribution >= 0.6 is 0 Å². The number of benzene rings is 3. The maximum Gasteiger partial charge on any atom is 0.307 e. The molecule has 3 N–H and O–H groups in total. The normalized spacial score (nSPS) is 15.4. The molecule has 0 spiro atoms. The zero-order valence-electron chi connectivity index (χ0n) is 17.2. The molecule has 0 aromatic heterocycles. The first kappa shape index (κ1) is 22.7. The summed E-state index contributed by atoms with van der Waals surface area (Å²) < 4.78 is 29.6. The van der Waals surface area contributed by atoms with Crippen LogP contribution in [0.15, 0.2) is 77.7 Å². The third-order valence-electron chi connectivity index (χ3n) is 5.17. The van der Waals surface area contributed by atoms with E-state index in [0.717, 1.165) is 29.7 Å². The van der Waals surface area contributed by atoms with E-state index in [4.69, 9.17) is 9.66 Å². The Bertz CT molecular complexity index is 1160. The third kappa shape index (κ3) is 6.24. The molecule has 0 saturated heterocycles. The monoisotopic (exact) mass is 439 g/mol. The molecule has 162 valence electrons. The Morgan fingerprint density at radius 1 is 0.968 bits per heavy atom. The number of rotatable bonds is 4. The number of fused-ring (bicyclic) bond motifs is 1. The largest absolute Gasteiger partial charge is 0.481 e. The van der Waals surface area contributed by atoms with E-state index in [-0.39, 0.29) is 17.4 Å². The van der Waals surface area contributed by atoms with Crippen molar-refractivity contribution < 1.29 is 22.9 Å². The van der Waals surface area contributed by atoms with E-state index in [2.05, 4.69) is 29.6 Å². The van der Waals surface area contributed by atoms with Gasteiger partial charge >= 0.3 is 5.97 Å². The van der Waals surface area contributed by atoms with Gasteiger partial charge in [-0.2, -0.15) is 8.42 Å². The van der Waals surface area contributed by atoms with Gasteiger partial charge in [0.1, 0.15) is 0 Å². The Morgan fingerprint density at radius 3 is 2.23 bits per heavy atom. The molecule has 6 nitrogen and oxygen atoms in total. The van der Waals surface area contributed by atoms with Gasteiger partial charge in [-0.15, -0.1) is 0 Å². The molecule has 0 saturated carbocycles. The number of aryl methyl sites for hydroxylation is 1. The maximum absolute atomic E-state index is 11.0. The second-order valence-corrected chi connectivity index (χ2v) is 8.89. The Balaban J connectivity index is 0.000000210. The SMILES string of the molecule is Cc1ccc(S(=O)(=O)O)cc1.O=C(O)Cc1ccccc1[C@@H]1Cc2ccccc2CN1. The van der Waals surface area contributed by atoms with Crippen LogP contribution in [0.4, 0.5) is 0 Å².